The van der Waals surface area contributed by atoms with E-state index in [9.17, 15) is 4.79 Å². The third kappa shape index (κ3) is 4.87. The van der Waals surface area contributed by atoms with E-state index in [0.29, 0.717) is 37.0 Å². The van der Waals surface area contributed by atoms with Gasteiger partial charge in [-0.05, 0) is 41.3 Å². The molecule has 1 fully saturated rings. The predicted octanol–water partition coefficient (Wildman–Crippen LogP) is 6.21. The molecule has 1 amide bonds. The van der Waals surface area contributed by atoms with Gasteiger partial charge in [0, 0.05) is 47.7 Å². The van der Waals surface area contributed by atoms with Crippen LogP contribution in [0.4, 0.5) is 5.82 Å². The fourth-order valence-electron chi connectivity index (χ4n) is 4.46. The van der Waals surface area contributed by atoms with Crippen LogP contribution in [0, 0.1) is 0 Å². The van der Waals surface area contributed by atoms with Gasteiger partial charge in [-0.3, -0.25) is 4.79 Å². The molecular formula is C29H29ClN4O. The van der Waals surface area contributed by atoms with Crippen molar-refractivity contribution < 1.29 is 4.79 Å². The van der Waals surface area contributed by atoms with E-state index >= 15 is 0 Å². The van der Waals surface area contributed by atoms with Gasteiger partial charge in [-0.2, -0.15) is 0 Å². The molecule has 4 aromatic rings. The molecule has 6 heteroatoms. The molecule has 0 unspecified atom stereocenters. The summed E-state index contributed by atoms with van der Waals surface area (Å²) < 4.78 is 0. The lowest BCUT2D eigenvalue weighted by atomic mass is 9.86. The summed E-state index contributed by atoms with van der Waals surface area (Å²) in [5, 5.41) is 1.61. The van der Waals surface area contributed by atoms with Crippen LogP contribution in [0.15, 0.2) is 72.8 Å². The highest BCUT2D eigenvalue weighted by Gasteiger charge is 2.25. The molecule has 35 heavy (non-hydrogen) atoms. The highest BCUT2D eigenvalue weighted by Crippen LogP contribution is 2.30. The van der Waals surface area contributed by atoms with Gasteiger partial charge < -0.3 is 9.80 Å². The standard InChI is InChI=1S/C29H29ClN4O/c1-29(2,3)22-11-9-21(10-12-22)28(35)34-17-15-33(16-18-34)27-24-14-13-23(30)19-25(24)31-26(32-27)20-7-5-4-6-8-20/h4-14,19H,15-18H2,1-3H3. The summed E-state index contributed by atoms with van der Waals surface area (Å²) in [6.45, 7) is 9.22. The van der Waals surface area contributed by atoms with Gasteiger partial charge >= 0.3 is 0 Å². The predicted molar refractivity (Wildman–Crippen MR) is 143 cm³/mol. The molecule has 5 rings (SSSR count). The van der Waals surface area contributed by atoms with Crippen LogP contribution in [0.3, 0.4) is 0 Å². The first-order chi connectivity index (χ1) is 16.8. The number of piperazine rings is 1. The van der Waals surface area contributed by atoms with Crippen molar-refractivity contribution in [3.8, 4) is 11.4 Å². The SMILES string of the molecule is CC(C)(C)c1ccc(C(=O)N2CCN(c3nc(-c4ccccc4)nc4cc(Cl)ccc34)CC2)cc1. The van der Waals surface area contributed by atoms with Gasteiger partial charge in [0.2, 0.25) is 0 Å². The number of anilines is 1. The number of benzene rings is 3. The Balaban J connectivity index is 1.38. The van der Waals surface area contributed by atoms with E-state index < -0.39 is 0 Å². The molecule has 0 saturated carbocycles. The topological polar surface area (TPSA) is 49.3 Å². The lowest BCUT2D eigenvalue weighted by Gasteiger charge is -2.36. The van der Waals surface area contributed by atoms with Gasteiger partial charge in [-0.15, -0.1) is 0 Å². The van der Waals surface area contributed by atoms with Crippen molar-refractivity contribution in [3.63, 3.8) is 0 Å². The van der Waals surface area contributed by atoms with Gasteiger partial charge in [-0.25, -0.2) is 9.97 Å². The van der Waals surface area contributed by atoms with E-state index in [-0.39, 0.29) is 11.3 Å². The van der Waals surface area contributed by atoms with Gasteiger partial charge in [0.05, 0.1) is 5.52 Å². The van der Waals surface area contributed by atoms with Gasteiger partial charge in [-0.1, -0.05) is 74.8 Å². The molecule has 1 aliphatic heterocycles. The van der Waals surface area contributed by atoms with E-state index in [0.717, 1.165) is 27.8 Å². The fraction of sp³-hybridized carbons (Fsp3) is 0.276. The number of amides is 1. The summed E-state index contributed by atoms with van der Waals surface area (Å²) in [6.07, 6.45) is 0. The van der Waals surface area contributed by atoms with Crippen molar-refractivity contribution in [3.05, 3.63) is 88.9 Å². The van der Waals surface area contributed by atoms with Crippen LogP contribution in [-0.4, -0.2) is 47.0 Å². The van der Waals surface area contributed by atoms with E-state index in [1.807, 2.05) is 65.6 Å². The summed E-state index contributed by atoms with van der Waals surface area (Å²) >= 11 is 6.28. The number of halogens is 1. The number of rotatable bonds is 3. The number of hydrogen-bond donors (Lipinski definition) is 0. The van der Waals surface area contributed by atoms with Gasteiger partial charge in [0.1, 0.15) is 5.82 Å². The maximum Gasteiger partial charge on any atom is 0.253 e. The Morgan fingerprint density at radius 2 is 1.54 bits per heavy atom. The third-order valence-corrected chi connectivity index (χ3v) is 6.77. The largest absolute Gasteiger partial charge is 0.352 e. The molecule has 1 aromatic heterocycles. The van der Waals surface area contributed by atoms with Gasteiger partial charge in [0.25, 0.3) is 5.91 Å². The van der Waals surface area contributed by atoms with Crippen molar-refractivity contribution in [2.75, 3.05) is 31.1 Å². The zero-order valence-corrected chi connectivity index (χ0v) is 21.1. The van der Waals surface area contributed by atoms with Crippen LogP contribution in [0.5, 0.6) is 0 Å². The molecule has 178 valence electrons. The number of fused-ring (bicyclic) bond motifs is 1. The summed E-state index contributed by atoms with van der Waals surface area (Å²) in [7, 11) is 0. The second-order valence-electron chi connectivity index (χ2n) is 10.0. The monoisotopic (exact) mass is 484 g/mol. The van der Waals surface area contributed by atoms with Crippen molar-refractivity contribution in [2.45, 2.75) is 26.2 Å². The molecule has 2 heterocycles. The Hall–Kier alpha value is -3.44. The van der Waals surface area contributed by atoms with Crippen molar-refractivity contribution in [1.82, 2.24) is 14.9 Å². The average molecular weight is 485 g/mol. The van der Waals surface area contributed by atoms with Crippen LogP contribution >= 0.6 is 11.6 Å². The van der Waals surface area contributed by atoms with Crippen LogP contribution in [-0.2, 0) is 5.41 Å². The van der Waals surface area contributed by atoms with Crippen LogP contribution < -0.4 is 4.90 Å². The molecule has 1 saturated heterocycles. The molecule has 0 atom stereocenters. The first kappa shape index (κ1) is 23.3. The number of carbonyl (C=O) groups excluding carboxylic acids is 1. The number of hydrogen-bond acceptors (Lipinski definition) is 4. The first-order valence-electron chi connectivity index (χ1n) is 12.0. The summed E-state index contributed by atoms with van der Waals surface area (Å²) in [6, 6.07) is 23.7. The molecule has 0 N–H and O–H groups in total. The lowest BCUT2D eigenvalue weighted by Crippen LogP contribution is -2.49. The Morgan fingerprint density at radius 1 is 0.857 bits per heavy atom. The second kappa shape index (κ2) is 9.31. The molecule has 0 radical (unpaired) electrons. The zero-order chi connectivity index (χ0) is 24.6. The minimum absolute atomic E-state index is 0.0658. The van der Waals surface area contributed by atoms with Crippen molar-refractivity contribution in [2.24, 2.45) is 0 Å². The Labute approximate surface area is 211 Å². The second-order valence-corrected chi connectivity index (χ2v) is 10.4. The number of carbonyl (C=O) groups is 1. The van der Waals surface area contributed by atoms with E-state index in [4.69, 9.17) is 21.6 Å². The van der Waals surface area contributed by atoms with Crippen molar-refractivity contribution in [1.29, 1.82) is 0 Å². The lowest BCUT2D eigenvalue weighted by molar-refractivity contribution is 0.0746. The highest BCUT2D eigenvalue weighted by atomic mass is 35.5. The maximum absolute atomic E-state index is 13.2. The maximum atomic E-state index is 13.2. The molecule has 5 nitrogen and oxygen atoms in total. The molecule has 0 spiro atoms. The Morgan fingerprint density at radius 3 is 2.20 bits per heavy atom. The smallest absolute Gasteiger partial charge is 0.253 e. The van der Waals surface area contributed by atoms with Gasteiger partial charge in [0.15, 0.2) is 5.82 Å². The molecule has 1 aliphatic rings. The fourth-order valence-corrected chi connectivity index (χ4v) is 4.63. The van der Waals surface area contributed by atoms with E-state index in [2.05, 4.69) is 37.8 Å². The Bertz CT molecular complexity index is 1360. The minimum atomic E-state index is 0.0658. The summed E-state index contributed by atoms with van der Waals surface area (Å²) in [5.41, 5.74) is 3.81. The first-order valence-corrected chi connectivity index (χ1v) is 12.3. The summed E-state index contributed by atoms with van der Waals surface area (Å²) in [5.74, 6) is 1.63. The Kier molecular flexibility index (Phi) is 6.20. The molecule has 0 bridgehead atoms. The average Bonchev–Trinajstić information content (AvgIpc) is 2.87. The van der Waals surface area contributed by atoms with E-state index in [1.54, 1.807) is 0 Å². The third-order valence-electron chi connectivity index (χ3n) is 6.54. The highest BCUT2D eigenvalue weighted by molar-refractivity contribution is 6.31. The van der Waals surface area contributed by atoms with E-state index in [1.165, 1.54) is 5.56 Å². The van der Waals surface area contributed by atoms with Crippen LogP contribution in [0.1, 0.15) is 36.7 Å². The van der Waals surface area contributed by atoms with Crippen LogP contribution in [0.2, 0.25) is 5.02 Å². The zero-order valence-electron chi connectivity index (χ0n) is 20.3. The molecule has 3 aromatic carbocycles. The normalized spacial score (nSPS) is 14.4. The summed E-state index contributed by atoms with van der Waals surface area (Å²) in [4.78, 5) is 27.1. The number of nitrogens with zero attached hydrogens (tertiary/aromatic N) is 4. The van der Waals surface area contributed by atoms with Crippen molar-refractivity contribution >= 4 is 34.2 Å². The minimum Gasteiger partial charge on any atom is -0.352 e. The van der Waals surface area contributed by atoms with Crippen LogP contribution in [0.25, 0.3) is 22.3 Å². The quantitative estimate of drug-likeness (QED) is 0.347. The molecule has 0 aliphatic carbocycles. The number of aromatic nitrogens is 2. The molecular weight excluding hydrogens is 456 g/mol.